The summed E-state index contributed by atoms with van der Waals surface area (Å²) in [4.78, 5) is 21.9. The maximum Gasteiger partial charge on any atom is 0.315 e. The Kier molecular flexibility index (Phi) is 2.00. The summed E-state index contributed by atoms with van der Waals surface area (Å²) in [5, 5.41) is 17.9. The molecule has 2 rings (SSSR count). The van der Waals surface area contributed by atoms with Crippen molar-refractivity contribution in [1.82, 2.24) is 0 Å². The first-order valence-corrected chi connectivity index (χ1v) is 4.61. The highest BCUT2D eigenvalue weighted by atomic mass is 16.4. The van der Waals surface area contributed by atoms with E-state index in [2.05, 4.69) is 0 Å². The zero-order valence-electron chi connectivity index (χ0n) is 7.88. The predicted molar refractivity (Wildman–Crippen MR) is 51.5 cm³/mol. The molecule has 1 aliphatic carbocycles. The molecule has 4 nitrogen and oxygen atoms in total. The zero-order valence-corrected chi connectivity index (χ0v) is 7.88. The Morgan fingerprint density at radius 3 is 2.20 bits per heavy atom. The van der Waals surface area contributed by atoms with Crippen molar-refractivity contribution >= 4 is 11.9 Å². The van der Waals surface area contributed by atoms with Crippen molar-refractivity contribution in [3.05, 3.63) is 35.9 Å². The Bertz CT molecular complexity index is 412. The van der Waals surface area contributed by atoms with Gasteiger partial charge in [0.1, 0.15) is 5.41 Å². The van der Waals surface area contributed by atoms with Gasteiger partial charge >= 0.3 is 11.9 Å². The Morgan fingerprint density at radius 2 is 1.80 bits per heavy atom. The average molecular weight is 206 g/mol. The van der Waals surface area contributed by atoms with Gasteiger partial charge in [0.25, 0.3) is 0 Å². The van der Waals surface area contributed by atoms with E-state index in [4.69, 9.17) is 10.2 Å². The van der Waals surface area contributed by atoms with Crippen molar-refractivity contribution < 1.29 is 19.8 Å². The van der Waals surface area contributed by atoms with Gasteiger partial charge in [-0.15, -0.1) is 0 Å². The molecule has 1 fully saturated rings. The molecule has 0 amide bonds. The van der Waals surface area contributed by atoms with Crippen LogP contribution in [0.4, 0.5) is 0 Å². The standard InChI is InChI=1S/C11H10O4/c12-9(13)8-6-11(8,10(14)15)7-4-2-1-3-5-7/h1-5,8H,6H2,(H,12,13)(H,14,15). The second kappa shape index (κ2) is 3.08. The minimum absolute atomic E-state index is 0.182. The molecule has 0 heterocycles. The van der Waals surface area contributed by atoms with Crippen LogP contribution in [0.25, 0.3) is 0 Å². The van der Waals surface area contributed by atoms with Crippen LogP contribution in [0, 0.1) is 5.92 Å². The van der Waals surface area contributed by atoms with Crippen molar-refractivity contribution in [2.75, 3.05) is 0 Å². The van der Waals surface area contributed by atoms with Gasteiger partial charge in [-0.25, -0.2) is 0 Å². The van der Waals surface area contributed by atoms with Crippen LogP contribution < -0.4 is 0 Å². The molecule has 78 valence electrons. The third kappa shape index (κ3) is 1.29. The lowest BCUT2D eigenvalue weighted by molar-refractivity contribution is -0.145. The molecule has 1 aromatic carbocycles. The number of benzene rings is 1. The summed E-state index contributed by atoms with van der Waals surface area (Å²) >= 11 is 0. The highest BCUT2D eigenvalue weighted by Crippen LogP contribution is 2.54. The molecule has 2 atom stereocenters. The third-order valence-electron chi connectivity index (χ3n) is 2.93. The van der Waals surface area contributed by atoms with Gasteiger partial charge in [0, 0.05) is 0 Å². The Morgan fingerprint density at radius 1 is 1.20 bits per heavy atom. The number of carbonyl (C=O) groups is 2. The van der Waals surface area contributed by atoms with Gasteiger partial charge in [0.15, 0.2) is 0 Å². The van der Waals surface area contributed by atoms with Crippen molar-refractivity contribution in [2.24, 2.45) is 5.92 Å². The smallest absolute Gasteiger partial charge is 0.315 e. The van der Waals surface area contributed by atoms with Crippen LogP contribution in [0.3, 0.4) is 0 Å². The van der Waals surface area contributed by atoms with Crippen LogP contribution in [-0.2, 0) is 15.0 Å². The van der Waals surface area contributed by atoms with E-state index in [1.807, 2.05) is 0 Å². The van der Waals surface area contributed by atoms with E-state index in [0.717, 1.165) is 0 Å². The summed E-state index contributed by atoms with van der Waals surface area (Å²) in [6.07, 6.45) is 0.182. The van der Waals surface area contributed by atoms with E-state index in [9.17, 15) is 9.59 Å². The molecule has 4 heteroatoms. The molecule has 1 aliphatic rings. The van der Waals surface area contributed by atoms with Crippen molar-refractivity contribution in [3.63, 3.8) is 0 Å². The SMILES string of the molecule is O=C(O)C1CC1(C(=O)O)c1ccccc1. The van der Waals surface area contributed by atoms with Crippen LogP contribution in [-0.4, -0.2) is 22.2 Å². The summed E-state index contributed by atoms with van der Waals surface area (Å²) in [5.41, 5.74) is -0.627. The molecule has 1 saturated carbocycles. The monoisotopic (exact) mass is 206 g/mol. The first kappa shape index (κ1) is 9.71. The first-order chi connectivity index (χ1) is 7.09. The number of aliphatic carboxylic acids is 2. The number of hydrogen-bond acceptors (Lipinski definition) is 2. The molecule has 1 aromatic rings. The molecule has 2 N–H and O–H groups in total. The molecular formula is C11H10O4. The molecular weight excluding hydrogens is 196 g/mol. The Labute approximate surface area is 86.2 Å². The number of hydrogen-bond donors (Lipinski definition) is 2. The third-order valence-corrected chi connectivity index (χ3v) is 2.93. The van der Waals surface area contributed by atoms with Crippen molar-refractivity contribution in [3.8, 4) is 0 Å². The lowest BCUT2D eigenvalue weighted by Gasteiger charge is -2.10. The maximum atomic E-state index is 11.1. The quantitative estimate of drug-likeness (QED) is 0.776. The van der Waals surface area contributed by atoms with E-state index in [1.165, 1.54) is 0 Å². The fourth-order valence-corrected chi connectivity index (χ4v) is 1.98. The lowest BCUT2D eigenvalue weighted by atomic mass is 9.93. The highest BCUT2D eigenvalue weighted by Gasteiger charge is 2.65. The molecule has 2 unspecified atom stereocenters. The van der Waals surface area contributed by atoms with E-state index < -0.39 is 23.3 Å². The van der Waals surface area contributed by atoms with E-state index in [1.54, 1.807) is 30.3 Å². The summed E-state index contributed by atoms with van der Waals surface area (Å²) in [7, 11) is 0. The maximum absolute atomic E-state index is 11.1. The van der Waals surface area contributed by atoms with E-state index >= 15 is 0 Å². The summed E-state index contributed by atoms with van der Waals surface area (Å²) < 4.78 is 0. The van der Waals surface area contributed by atoms with Gasteiger partial charge in [0.05, 0.1) is 5.92 Å². The van der Waals surface area contributed by atoms with Gasteiger partial charge in [-0.3, -0.25) is 9.59 Å². The summed E-state index contributed by atoms with van der Waals surface area (Å²) in [6, 6.07) is 8.54. The fraction of sp³-hybridized carbons (Fsp3) is 0.273. The van der Waals surface area contributed by atoms with E-state index in [-0.39, 0.29) is 6.42 Å². The summed E-state index contributed by atoms with van der Waals surface area (Å²) in [6.45, 7) is 0. The lowest BCUT2D eigenvalue weighted by Crippen LogP contribution is -2.25. The van der Waals surface area contributed by atoms with Gasteiger partial charge < -0.3 is 10.2 Å². The number of carboxylic acid groups (broad SMARTS) is 2. The van der Waals surface area contributed by atoms with Gasteiger partial charge in [0.2, 0.25) is 0 Å². The van der Waals surface area contributed by atoms with Crippen LogP contribution in [0.1, 0.15) is 12.0 Å². The second-order valence-corrected chi connectivity index (χ2v) is 3.74. The van der Waals surface area contributed by atoms with Crippen molar-refractivity contribution in [1.29, 1.82) is 0 Å². The molecule has 0 spiro atoms. The zero-order chi connectivity index (χ0) is 11.1. The second-order valence-electron chi connectivity index (χ2n) is 3.74. The van der Waals surface area contributed by atoms with Gasteiger partial charge in [-0.1, -0.05) is 30.3 Å². The average Bonchev–Trinajstić information content (AvgIpc) is 2.95. The summed E-state index contributed by atoms with van der Waals surface area (Å²) in [5.74, 6) is -2.89. The highest BCUT2D eigenvalue weighted by molar-refractivity contribution is 5.94. The minimum Gasteiger partial charge on any atom is -0.481 e. The molecule has 0 radical (unpaired) electrons. The largest absolute Gasteiger partial charge is 0.481 e. The van der Waals surface area contributed by atoms with Crippen LogP contribution in [0.15, 0.2) is 30.3 Å². The first-order valence-electron chi connectivity index (χ1n) is 4.61. The van der Waals surface area contributed by atoms with Crippen LogP contribution >= 0.6 is 0 Å². The van der Waals surface area contributed by atoms with Gasteiger partial charge in [-0.2, -0.15) is 0 Å². The molecule has 0 saturated heterocycles. The van der Waals surface area contributed by atoms with Crippen molar-refractivity contribution in [2.45, 2.75) is 11.8 Å². The fourth-order valence-electron chi connectivity index (χ4n) is 1.98. The molecule has 0 bridgehead atoms. The Hall–Kier alpha value is -1.84. The molecule has 0 aromatic heterocycles. The van der Waals surface area contributed by atoms with Crippen LogP contribution in [0.5, 0.6) is 0 Å². The molecule has 15 heavy (non-hydrogen) atoms. The topological polar surface area (TPSA) is 74.6 Å². The number of carboxylic acids is 2. The number of rotatable bonds is 3. The van der Waals surface area contributed by atoms with Crippen LogP contribution in [0.2, 0.25) is 0 Å². The van der Waals surface area contributed by atoms with Gasteiger partial charge in [-0.05, 0) is 12.0 Å². The Balaban J connectivity index is 2.40. The van der Waals surface area contributed by atoms with E-state index in [0.29, 0.717) is 5.56 Å². The predicted octanol–water partition coefficient (Wildman–Crippen LogP) is 1.11. The minimum atomic E-state index is -1.20. The normalized spacial score (nSPS) is 28.4. The molecule has 0 aliphatic heterocycles.